The van der Waals surface area contributed by atoms with E-state index in [0.717, 1.165) is 22.7 Å². The highest BCUT2D eigenvalue weighted by molar-refractivity contribution is 6.29. The van der Waals surface area contributed by atoms with Gasteiger partial charge in [0.05, 0.1) is 11.4 Å². The van der Waals surface area contributed by atoms with Gasteiger partial charge in [0.15, 0.2) is 0 Å². The van der Waals surface area contributed by atoms with Crippen LogP contribution in [0.4, 0.5) is 34.1 Å². The van der Waals surface area contributed by atoms with Crippen molar-refractivity contribution in [3.8, 4) is 22.3 Å². The molecular formula is C70H68N2. The number of aryl methyl sites for hydroxylation is 2. The molecule has 0 aliphatic heterocycles. The maximum absolute atomic E-state index is 2.57. The number of para-hydroxylation sites is 2. The van der Waals surface area contributed by atoms with Crippen molar-refractivity contribution in [3.05, 3.63) is 216 Å². The molecule has 0 bridgehead atoms. The summed E-state index contributed by atoms with van der Waals surface area (Å²) in [5.41, 5.74) is 19.1. The van der Waals surface area contributed by atoms with Gasteiger partial charge in [-0.1, -0.05) is 205 Å². The Kier molecular flexibility index (Phi) is 12.2. The highest BCUT2D eigenvalue weighted by Gasteiger charge is 2.28. The third kappa shape index (κ3) is 8.43. The van der Waals surface area contributed by atoms with Crippen LogP contribution >= 0.6 is 0 Å². The Morgan fingerprint density at radius 1 is 0.375 bits per heavy atom. The average Bonchev–Trinajstić information content (AvgIpc) is 3.42. The summed E-state index contributed by atoms with van der Waals surface area (Å²) in [5, 5.41) is 7.67. The van der Waals surface area contributed by atoms with Crippen LogP contribution in [0.2, 0.25) is 0 Å². The van der Waals surface area contributed by atoms with Crippen molar-refractivity contribution < 1.29 is 0 Å². The maximum Gasteiger partial charge on any atom is 0.0561 e. The smallest absolute Gasteiger partial charge is 0.0561 e. The van der Waals surface area contributed by atoms with Crippen molar-refractivity contribution in [1.82, 2.24) is 0 Å². The summed E-state index contributed by atoms with van der Waals surface area (Å²) in [4.78, 5) is 5.15. The van der Waals surface area contributed by atoms with Gasteiger partial charge in [-0.3, -0.25) is 0 Å². The van der Waals surface area contributed by atoms with Gasteiger partial charge < -0.3 is 9.80 Å². The second-order valence-electron chi connectivity index (χ2n) is 22.3. The normalized spacial score (nSPS) is 14.9. The Balaban J connectivity index is 1.15. The molecule has 0 aromatic heterocycles. The quantitative estimate of drug-likeness (QED) is 0.126. The summed E-state index contributed by atoms with van der Waals surface area (Å²) in [7, 11) is 0. The molecule has 0 amide bonds. The van der Waals surface area contributed by atoms with Crippen molar-refractivity contribution in [1.29, 1.82) is 0 Å². The van der Waals surface area contributed by atoms with Gasteiger partial charge in [-0.05, 0) is 165 Å². The lowest BCUT2D eigenvalue weighted by atomic mass is 9.80. The van der Waals surface area contributed by atoms with Gasteiger partial charge in [0.25, 0.3) is 0 Å². The molecule has 2 aliphatic carbocycles. The predicted molar refractivity (Wildman–Crippen MR) is 310 cm³/mol. The van der Waals surface area contributed by atoms with Crippen molar-refractivity contribution in [2.75, 3.05) is 9.80 Å². The number of nitrogens with zero attached hydrogens (tertiary/aromatic N) is 2. The van der Waals surface area contributed by atoms with Crippen molar-refractivity contribution in [3.63, 3.8) is 0 Å². The van der Waals surface area contributed by atoms with Crippen molar-refractivity contribution >= 4 is 66.4 Å². The summed E-state index contributed by atoms with van der Waals surface area (Å²) < 4.78 is 0. The third-order valence-electron chi connectivity index (χ3n) is 16.6. The topological polar surface area (TPSA) is 6.48 Å². The van der Waals surface area contributed by atoms with Crippen LogP contribution in [0.3, 0.4) is 0 Å². The predicted octanol–water partition coefficient (Wildman–Crippen LogP) is 20.9. The molecule has 2 nitrogen and oxygen atoms in total. The molecule has 12 rings (SSSR count). The van der Waals surface area contributed by atoms with E-state index in [4.69, 9.17) is 0 Å². The molecule has 358 valence electrons. The molecular weight excluding hydrogens is 869 g/mol. The molecule has 2 fully saturated rings. The summed E-state index contributed by atoms with van der Waals surface area (Å²) in [6.07, 6.45) is 13.0. The van der Waals surface area contributed by atoms with Crippen LogP contribution in [0.15, 0.2) is 188 Å². The van der Waals surface area contributed by atoms with Gasteiger partial charge in [0.1, 0.15) is 0 Å². The minimum atomic E-state index is 0.00524. The van der Waals surface area contributed by atoms with Crippen LogP contribution in [0.25, 0.3) is 54.6 Å². The fourth-order valence-corrected chi connectivity index (χ4v) is 12.7. The minimum absolute atomic E-state index is 0.00524. The van der Waals surface area contributed by atoms with Gasteiger partial charge in [-0.2, -0.15) is 0 Å². The molecule has 0 unspecified atom stereocenters. The second-order valence-corrected chi connectivity index (χ2v) is 22.3. The molecule has 72 heavy (non-hydrogen) atoms. The molecule has 0 spiro atoms. The standard InChI is InChI=1S/C70H68N2/c1-47-34-36-51(60-32-20-18-30-58(60)49-22-10-6-11-23-49)44-64(47)71(56-26-14-8-15-27-56)66-46-67(63-41-39-54-43-55(70(3,4)5)42-53-38-40-62(66)69(63)68(53)54)72(57-28-16-9-17-29-57)65-45-52(37-35-48(65)2)61-33-21-19-31-59(61)50-24-12-7-13-25-50/h8-9,14-21,26-46,49-50H,6-7,10-13,22-25H2,1-5H3. The van der Waals surface area contributed by atoms with E-state index in [1.807, 2.05) is 0 Å². The van der Waals surface area contributed by atoms with Crippen LogP contribution in [-0.4, -0.2) is 0 Å². The molecule has 2 heteroatoms. The number of rotatable bonds is 10. The van der Waals surface area contributed by atoms with Crippen LogP contribution in [-0.2, 0) is 5.41 Å². The van der Waals surface area contributed by atoms with Crippen molar-refractivity contribution in [2.45, 2.75) is 116 Å². The lowest BCUT2D eigenvalue weighted by molar-refractivity contribution is 0.444. The number of hydrogen-bond donors (Lipinski definition) is 0. The second kappa shape index (κ2) is 19.1. The van der Waals surface area contributed by atoms with E-state index in [9.17, 15) is 0 Å². The highest BCUT2D eigenvalue weighted by atomic mass is 15.2. The lowest BCUT2D eigenvalue weighted by Gasteiger charge is -2.34. The Morgan fingerprint density at radius 2 is 0.792 bits per heavy atom. The molecule has 10 aromatic rings. The SMILES string of the molecule is Cc1ccc(-c2ccccc2C2CCCCC2)cc1N(c1ccccc1)c1cc(N(c2ccccc2)c2cc(-c3ccccc3C3CCCCC3)ccc2C)c2ccc3cc(C(C)(C)C)cc4ccc1c2c43. The lowest BCUT2D eigenvalue weighted by Crippen LogP contribution is -2.16. The van der Waals surface area contributed by atoms with Crippen LogP contribution < -0.4 is 9.80 Å². The molecule has 2 aliphatic rings. The minimum Gasteiger partial charge on any atom is -0.310 e. The number of anilines is 6. The zero-order chi connectivity index (χ0) is 48.9. The van der Waals surface area contributed by atoms with E-state index in [1.54, 1.807) is 0 Å². The molecule has 2 saturated carbocycles. The summed E-state index contributed by atoms with van der Waals surface area (Å²) in [6.45, 7) is 11.6. The summed E-state index contributed by atoms with van der Waals surface area (Å²) in [6, 6.07) is 72.2. The molecule has 10 aromatic carbocycles. The summed E-state index contributed by atoms with van der Waals surface area (Å²) >= 11 is 0. The van der Waals surface area contributed by atoms with Crippen LogP contribution in [0, 0.1) is 13.8 Å². The largest absolute Gasteiger partial charge is 0.310 e. The van der Waals surface area contributed by atoms with E-state index in [-0.39, 0.29) is 5.41 Å². The monoisotopic (exact) mass is 937 g/mol. The zero-order valence-electron chi connectivity index (χ0n) is 43.0. The van der Waals surface area contributed by atoms with Gasteiger partial charge in [0.2, 0.25) is 0 Å². The first-order valence-electron chi connectivity index (χ1n) is 27.1. The van der Waals surface area contributed by atoms with Crippen LogP contribution in [0.5, 0.6) is 0 Å². The van der Waals surface area contributed by atoms with E-state index in [1.165, 1.54) is 158 Å². The maximum atomic E-state index is 2.57. The zero-order valence-corrected chi connectivity index (χ0v) is 43.0. The Morgan fingerprint density at radius 3 is 1.22 bits per heavy atom. The summed E-state index contributed by atoms with van der Waals surface area (Å²) in [5.74, 6) is 1.19. The molecule has 0 heterocycles. The Hall–Kier alpha value is -7.16. The first-order valence-corrected chi connectivity index (χ1v) is 27.1. The van der Waals surface area contributed by atoms with E-state index >= 15 is 0 Å². The van der Waals surface area contributed by atoms with Crippen LogP contribution in [0.1, 0.15) is 125 Å². The van der Waals surface area contributed by atoms with E-state index in [0.29, 0.717) is 11.8 Å². The van der Waals surface area contributed by atoms with Gasteiger partial charge in [-0.25, -0.2) is 0 Å². The first-order chi connectivity index (χ1) is 35.2. The fraction of sp³-hybridized carbons (Fsp3) is 0.257. The first kappa shape index (κ1) is 45.9. The molecule has 0 saturated heterocycles. The van der Waals surface area contributed by atoms with E-state index in [2.05, 4.69) is 232 Å². The third-order valence-corrected chi connectivity index (χ3v) is 16.6. The Labute approximate surface area is 428 Å². The fourth-order valence-electron chi connectivity index (χ4n) is 12.7. The number of benzene rings is 10. The molecule has 0 radical (unpaired) electrons. The highest BCUT2D eigenvalue weighted by Crippen LogP contribution is 2.53. The van der Waals surface area contributed by atoms with Gasteiger partial charge in [-0.15, -0.1) is 0 Å². The average molecular weight is 937 g/mol. The Bertz CT molecular complexity index is 3330. The molecule has 0 atom stereocenters. The van der Waals surface area contributed by atoms with Gasteiger partial charge >= 0.3 is 0 Å². The van der Waals surface area contributed by atoms with Gasteiger partial charge in [0, 0.05) is 38.9 Å². The molecule has 0 N–H and O–H groups in total. The van der Waals surface area contributed by atoms with E-state index < -0.39 is 0 Å². The number of hydrogen-bond acceptors (Lipinski definition) is 2. The van der Waals surface area contributed by atoms with Crippen molar-refractivity contribution in [2.24, 2.45) is 0 Å².